The Hall–Kier alpha value is -13.0. The third-order valence-electron chi connectivity index (χ3n) is 13.8. The number of benzene rings is 7. The van der Waals surface area contributed by atoms with Crippen LogP contribution < -0.4 is 56.5 Å². The van der Waals surface area contributed by atoms with Gasteiger partial charge in [0.2, 0.25) is 0 Å². The molecule has 0 aliphatic carbocycles. The number of rotatable bonds is 22. The number of aliphatic carboxylic acids is 1. The Morgan fingerprint density at radius 2 is 0.651 bits per heavy atom. The summed E-state index contributed by atoms with van der Waals surface area (Å²) in [4.78, 5) is 119. The maximum atomic E-state index is 13.8. The van der Waals surface area contributed by atoms with E-state index in [1.807, 2.05) is 0 Å². The minimum atomic E-state index is -1.77. The van der Waals surface area contributed by atoms with Gasteiger partial charge in [0, 0.05) is 12.5 Å². The molecule has 0 spiro atoms. The molecule has 0 radical (unpaired) electrons. The van der Waals surface area contributed by atoms with Gasteiger partial charge in [-0.05, 0) is 97.9 Å². The van der Waals surface area contributed by atoms with Crippen LogP contribution in [-0.2, 0) is 70.3 Å². The molecule has 0 heterocycles. The Morgan fingerprint density at radius 3 is 0.976 bits per heavy atom. The number of ketones is 1. The summed E-state index contributed by atoms with van der Waals surface area (Å²) in [5.41, 5.74) is -12.3. The van der Waals surface area contributed by atoms with Crippen LogP contribution in [0.1, 0.15) is 180 Å². The molecule has 674 valence electrons. The molecule has 0 bridgehead atoms. The summed E-state index contributed by atoms with van der Waals surface area (Å²) in [7, 11) is 0. The van der Waals surface area contributed by atoms with E-state index in [-0.39, 0.29) is 104 Å². The third-order valence-corrected chi connectivity index (χ3v) is 13.8. The van der Waals surface area contributed by atoms with Crippen molar-refractivity contribution in [2.75, 3.05) is 46.2 Å². The Bertz CT molecular complexity index is 5360. The number of hydrogen-bond acceptors (Lipinski definition) is 26. The van der Waals surface area contributed by atoms with Gasteiger partial charge in [0.05, 0.1) is 127 Å². The van der Waals surface area contributed by atoms with E-state index in [0.29, 0.717) is 42.6 Å². The molecule has 3 N–H and O–H groups in total. The van der Waals surface area contributed by atoms with E-state index in [1.165, 1.54) is 41.5 Å². The summed E-state index contributed by atoms with van der Waals surface area (Å²) in [6.07, 6.45) is -1.12. The molecule has 7 aromatic carbocycles. The van der Waals surface area contributed by atoms with Gasteiger partial charge in [0.25, 0.3) is 0 Å². The van der Waals surface area contributed by atoms with Gasteiger partial charge in [0.1, 0.15) is 71.2 Å². The van der Waals surface area contributed by atoms with Crippen LogP contribution in [-0.4, -0.2) is 133 Å². The molecule has 0 atom stereocenters. The number of hydrogen-bond donors (Lipinski definition) is 3. The number of nitrogens with zero attached hydrogens (tertiary/aromatic N) is 4. The minimum Gasteiger partial charge on any atom is -0.550 e. The zero-order valence-electron chi connectivity index (χ0n) is 66.1. The van der Waals surface area contributed by atoms with Crippen molar-refractivity contribution in [1.29, 1.82) is 15.8 Å². The van der Waals surface area contributed by atoms with Crippen molar-refractivity contribution in [2.45, 2.75) is 88.4 Å². The molecule has 7 aromatic rings. The molecule has 27 nitrogen and oxygen atoms in total. The summed E-state index contributed by atoms with van der Waals surface area (Å²) in [5, 5.41) is 62.4. The van der Waals surface area contributed by atoms with Crippen molar-refractivity contribution in [3.63, 3.8) is 0 Å². The first-order valence-electron chi connectivity index (χ1n) is 33.9. The number of carbonyl (C=O) groups is 11. The van der Waals surface area contributed by atoms with Crippen molar-refractivity contribution in [1.82, 2.24) is 0 Å². The third kappa shape index (κ3) is 33.6. The van der Waals surface area contributed by atoms with Crippen molar-refractivity contribution in [3.05, 3.63) is 243 Å². The Labute approximate surface area is 738 Å². The SMILES string of the molecule is CCOC(=O)CC(=O)[O-].CCOC(=O)CC(=O)c1cc(F)c(F)c(C#N)c1F.CCOC(=O)c1cc(F)c(F)c(C#N)c1F.CCOC(=O)c1cc(F)c(F)c(C)c1F.CCOC(=O)c1cc(F)c(F)c(C=NO)c1F.CCOC(=O)c1cc(F)c(F)c(CO)c1F.CCOC(=O)c1cc(F)c(F)c(COC(C)=O)c1F.N#Cc1c(F)c(F)cc(C(=O)O)c1F.[K+]. The van der Waals surface area contributed by atoms with Crippen molar-refractivity contribution in [3.8, 4) is 18.2 Å². The monoisotopic (exact) mass is 1850 g/mol. The number of nitriles is 3. The van der Waals surface area contributed by atoms with Gasteiger partial charge in [-0.25, -0.2) is 121 Å². The van der Waals surface area contributed by atoms with E-state index in [1.54, 1.807) is 6.92 Å². The van der Waals surface area contributed by atoms with Gasteiger partial charge < -0.3 is 63.2 Å². The molecule has 0 amide bonds. The quantitative estimate of drug-likeness (QED) is 0.00542. The van der Waals surface area contributed by atoms with Crippen molar-refractivity contribution >= 4 is 71.7 Å². The number of aromatic carboxylic acids is 1. The van der Waals surface area contributed by atoms with Crippen LogP contribution in [0.2, 0.25) is 0 Å². The van der Waals surface area contributed by atoms with Crippen LogP contribution >= 0.6 is 0 Å². The first kappa shape index (κ1) is 115. The van der Waals surface area contributed by atoms with Gasteiger partial charge in [-0.1, -0.05) is 5.16 Å². The largest absolute Gasteiger partial charge is 1.00 e. The number of aliphatic hydroxyl groups is 1. The first-order chi connectivity index (χ1) is 58.5. The molecule has 0 aliphatic heterocycles. The number of ether oxygens (including phenoxy) is 8. The summed E-state index contributed by atoms with van der Waals surface area (Å²) in [6.45, 7) is 10.9. The molecule has 49 heteroatoms. The molecular weight excluding hydrogens is 1790 g/mol. The van der Waals surface area contributed by atoms with Crippen LogP contribution in [0.25, 0.3) is 0 Å². The van der Waals surface area contributed by atoms with E-state index >= 15 is 0 Å². The predicted octanol–water partition coefficient (Wildman–Crippen LogP) is 10.4. The van der Waals surface area contributed by atoms with Crippen LogP contribution in [0.4, 0.5) is 92.2 Å². The van der Waals surface area contributed by atoms with Crippen LogP contribution in [0.3, 0.4) is 0 Å². The number of carboxylic acid groups (broad SMARTS) is 2. The molecule has 0 aromatic heterocycles. The summed E-state index contributed by atoms with van der Waals surface area (Å²) in [5.74, 6) is -42.7. The van der Waals surface area contributed by atoms with Gasteiger partial charge in [-0.3, -0.25) is 19.2 Å². The average Bonchev–Trinajstić information content (AvgIpc) is 0.806. The fourth-order valence-electron chi connectivity index (χ4n) is 8.30. The number of Topliss-reactive ketones (excluding diaryl/α,β-unsaturated/α-hetero) is 1. The number of halogens is 21. The van der Waals surface area contributed by atoms with E-state index in [0.717, 1.165) is 32.1 Å². The second-order valence-electron chi connectivity index (χ2n) is 22.0. The topological polar surface area (TPSA) is 429 Å². The Kier molecular flexibility index (Phi) is 51.7. The predicted molar refractivity (Wildman–Crippen MR) is 372 cm³/mol. The summed E-state index contributed by atoms with van der Waals surface area (Å²) >= 11 is 0. The first-order valence-corrected chi connectivity index (χ1v) is 33.9. The van der Waals surface area contributed by atoms with Crippen LogP contribution in [0.15, 0.2) is 47.6 Å². The second kappa shape index (κ2) is 56.7. The fourth-order valence-corrected chi connectivity index (χ4v) is 8.30. The fraction of sp³-hybridized carbons (Fsp3) is 0.260. The molecule has 0 fully saturated rings. The number of carbonyl (C=O) groups excluding carboxylic acids is 10. The summed E-state index contributed by atoms with van der Waals surface area (Å²) in [6, 6.07) is 5.86. The smallest absolute Gasteiger partial charge is 0.550 e. The number of oxime groups is 1. The number of aliphatic hydroxyl groups excluding tert-OH is 1. The maximum absolute atomic E-state index is 13.8. The molecule has 0 saturated heterocycles. The normalized spacial score (nSPS) is 9.90. The standard InChI is InChI=1S/C12H8F3NO3.C12H11F3O4.C10H8F3NO3.C10H6F3NO2.C10H9F3O3.C10H9F3O2.C8H2F3NO2.C5H8O4.K/c1-2-19-10(18)4-9(17)6-3-8(13)12(15)7(5-16)11(6)14;1-3-18-12(17)7-4-9(13)11(15)8(10(7)14)5-19-6(2)16;1-2-17-10(15)5-3-7(11)9(13)6(4-14-16)8(5)12;2*1-2-16-10(15)5-3-7(11)9(13)6(4-14)8(5)12;1-3-15-10(14)6-4-7(11)9(13)5(2)8(6)12;9-5-1-3(8(13)14)6(10)4(2-12)7(5)11;1-2-9-5(8)3-4(6)7;/h3H,2,4H2,1H3;4H,3,5H2,1-2H3;3-4,16H,2H2,1H3;3H,2H2,1H3;3,14H,2,4H2,1H3;4H,3H2,1-2H3;1H,(H,13,14);2-3H2,1H3,(H,6,7);/q;;;;;;;;+1/p-1. The van der Waals surface area contributed by atoms with Gasteiger partial charge in [-0.2, -0.15) is 15.8 Å². The van der Waals surface area contributed by atoms with E-state index in [2.05, 4.69) is 43.1 Å². The molecule has 0 unspecified atom stereocenters. The van der Waals surface area contributed by atoms with E-state index in [9.17, 15) is 150 Å². The molecular formula is C77H60F21KN4O23. The van der Waals surface area contributed by atoms with Gasteiger partial charge in [0.15, 0.2) is 105 Å². The van der Waals surface area contributed by atoms with E-state index < -0.39 is 292 Å². The van der Waals surface area contributed by atoms with Crippen LogP contribution in [0, 0.1) is 163 Å². The summed E-state index contributed by atoms with van der Waals surface area (Å²) < 4.78 is 311. The zero-order valence-corrected chi connectivity index (χ0v) is 69.3. The van der Waals surface area contributed by atoms with Crippen LogP contribution in [0.5, 0.6) is 0 Å². The number of esters is 8. The Morgan fingerprint density at radius 1 is 0.373 bits per heavy atom. The average molecular weight is 1850 g/mol. The second-order valence-corrected chi connectivity index (χ2v) is 22.0. The molecule has 0 saturated carbocycles. The molecule has 0 aliphatic rings. The molecule has 126 heavy (non-hydrogen) atoms. The molecule has 7 rings (SSSR count). The Balaban J connectivity index is 0. The van der Waals surface area contributed by atoms with Gasteiger partial charge >= 0.3 is 105 Å². The van der Waals surface area contributed by atoms with Gasteiger partial charge in [-0.15, -0.1) is 0 Å². The zero-order chi connectivity index (χ0) is 96.5. The maximum Gasteiger partial charge on any atom is 1.00 e. The van der Waals surface area contributed by atoms with Crippen molar-refractivity contribution < 1.29 is 255 Å². The number of carboxylic acids is 2. The van der Waals surface area contributed by atoms with E-state index in [4.69, 9.17) is 31.2 Å². The minimum absolute atomic E-state index is 0. The van der Waals surface area contributed by atoms with Crippen molar-refractivity contribution in [2.24, 2.45) is 5.16 Å².